The van der Waals surface area contributed by atoms with Gasteiger partial charge in [0.25, 0.3) is 5.56 Å². The third-order valence-corrected chi connectivity index (χ3v) is 4.34. The molecule has 26 heavy (non-hydrogen) atoms. The highest BCUT2D eigenvalue weighted by Crippen LogP contribution is 2.19. The summed E-state index contributed by atoms with van der Waals surface area (Å²) < 4.78 is 15.1. The number of benzene rings is 1. The van der Waals surface area contributed by atoms with Crippen LogP contribution in [0.4, 0.5) is 4.39 Å². The van der Waals surface area contributed by atoms with E-state index in [-0.39, 0.29) is 5.56 Å². The number of pyridine rings is 1. The summed E-state index contributed by atoms with van der Waals surface area (Å²) in [7, 11) is 0. The minimum absolute atomic E-state index is 0.143. The zero-order valence-electron chi connectivity index (χ0n) is 14.2. The van der Waals surface area contributed by atoms with Crippen LogP contribution in [-0.4, -0.2) is 19.4 Å². The number of hydrogen-bond donors (Lipinski definition) is 1. The van der Waals surface area contributed by atoms with Crippen molar-refractivity contribution < 1.29 is 4.39 Å². The third kappa shape index (κ3) is 3.01. The van der Waals surface area contributed by atoms with Crippen LogP contribution in [0.15, 0.2) is 59.7 Å². The number of halogens is 1. The Bertz CT molecular complexity index is 1130. The van der Waals surface area contributed by atoms with Gasteiger partial charge in [-0.2, -0.15) is 4.39 Å². The lowest BCUT2D eigenvalue weighted by Gasteiger charge is -2.06. The molecule has 6 heteroatoms. The molecule has 0 fully saturated rings. The van der Waals surface area contributed by atoms with Crippen molar-refractivity contribution in [1.82, 2.24) is 19.4 Å². The van der Waals surface area contributed by atoms with Gasteiger partial charge in [0.15, 0.2) is 0 Å². The third-order valence-electron chi connectivity index (χ3n) is 4.34. The molecule has 1 aromatic carbocycles. The number of aromatic nitrogens is 4. The fraction of sp³-hybridized carbons (Fsp3) is 0.150. The van der Waals surface area contributed by atoms with Crippen molar-refractivity contribution in [2.45, 2.75) is 19.8 Å². The summed E-state index contributed by atoms with van der Waals surface area (Å²) in [6, 6.07) is 12.5. The van der Waals surface area contributed by atoms with Gasteiger partial charge in [-0.15, -0.1) is 0 Å². The normalized spacial score (nSPS) is 11.2. The smallest absolute Gasteiger partial charge is 0.274 e. The molecule has 5 nitrogen and oxygen atoms in total. The van der Waals surface area contributed by atoms with Gasteiger partial charge < -0.3 is 4.98 Å². The first-order chi connectivity index (χ1) is 12.6. The molecular formula is C20H17FN4O. The van der Waals surface area contributed by atoms with Crippen molar-refractivity contribution in [1.29, 1.82) is 0 Å². The first kappa shape index (κ1) is 16.2. The summed E-state index contributed by atoms with van der Waals surface area (Å²) in [6.07, 6.45) is 4.86. The number of nitrogens with zero attached hydrogens (tertiary/aromatic N) is 3. The average molecular weight is 348 g/mol. The maximum atomic E-state index is 13.3. The number of H-pyrrole nitrogens is 1. The van der Waals surface area contributed by atoms with E-state index in [9.17, 15) is 9.18 Å². The van der Waals surface area contributed by atoms with Gasteiger partial charge in [0.1, 0.15) is 11.3 Å². The van der Waals surface area contributed by atoms with Gasteiger partial charge in [-0.3, -0.25) is 9.20 Å². The molecule has 0 spiro atoms. The molecule has 0 amide bonds. The number of rotatable bonds is 4. The highest BCUT2D eigenvalue weighted by molar-refractivity contribution is 5.59. The Morgan fingerprint density at radius 1 is 1.15 bits per heavy atom. The molecule has 4 aromatic rings. The lowest BCUT2D eigenvalue weighted by molar-refractivity contribution is 0.585. The van der Waals surface area contributed by atoms with Crippen LogP contribution in [-0.2, 0) is 12.8 Å². The molecule has 0 radical (unpaired) electrons. The second kappa shape index (κ2) is 6.55. The highest BCUT2D eigenvalue weighted by Gasteiger charge is 2.08. The zero-order chi connectivity index (χ0) is 18.1. The molecule has 0 saturated carbocycles. The molecule has 3 heterocycles. The summed E-state index contributed by atoms with van der Waals surface area (Å²) in [5, 5.41) is 0. The molecule has 130 valence electrons. The largest absolute Gasteiger partial charge is 0.323 e. The van der Waals surface area contributed by atoms with E-state index in [0.717, 1.165) is 29.1 Å². The predicted molar refractivity (Wildman–Crippen MR) is 97.6 cm³/mol. The molecule has 0 saturated heterocycles. The van der Waals surface area contributed by atoms with E-state index >= 15 is 0 Å². The summed E-state index contributed by atoms with van der Waals surface area (Å²) in [4.78, 5) is 23.3. The van der Waals surface area contributed by atoms with Crippen LogP contribution in [0.5, 0.6) is 0 Å². The van der Waals surface area contributed by atoms with E-state index in [4.69, 9.17) is 0 Å². The van der Waals surface area contributed by atoms with E-state index < -0.39 is 5.95 Å². The van der Waals surface area contributed by atoms with Gasteiger partial charge >= 0.3 is 0 Å². The standard InChI is InChI=1S/C20H17FN4O/c1-2-19-22-11-17-20(26)23-15(12-25(17)19)10-13-6-8-14(9-7-13)16-4-3-5-18(21)24-16/h3-9,11-12H,2,10H2,1H3,(H,23,26). The van der Waals surface area contributed by atoms with E-state index in [2.05, 4.69) is 15.0 Å². The van der Waals surface area contributed by atoms with Crippen LogP contribution in [0.3, 0.4) is 0 Å². The van der Waals surface area contributed by atoms with Gasteiger partial charge in [0, 0.05) is 30.3 Å². The zero-order valence-corrected chi connectivity index (χ0v) is 14.2. The van der Waals surface area contributed by atoms with Gasteiger partial charge in [0.05, 0.1) is 11.9 Å². The van der Waals surface area contributed by atoms with Crippen LogP contribution < -0.4 is 5.56 Å². The summed E-state index contributed by atoms with van der Waals surface area (Å²) in [6.45, 7) is 2.01. The molecule has 0 aliphatic heterocycles. The van der Waals surface area contributed by atoms with Crippen molar-refractivity contribution in [2.24, 2.45) is 0 Å². The first-order valence-corrected chi connectivity index (χ1v) is 8.44. The Hall–Kier alpha value is -3.28. The molecule has 0 unspecified atom stereocenters. The van der Waals surface area contributed by atoms with Crippen molar-refractivity contribution >= 4 is 5.52 Å². The molecule has 0 aliphatic rings. The molecule has 1 N–H and O–H groups in total. The number of aromatic amines is 1. The molecule has 0 aliphatic carbocycles. The van der Waals surface area contributed by atoms with Crippen molar-refractivity contribution in [3.05, 3.63) is 88.2 Å². The highest BCUT2D eigenvalue weighted by atomic mass is 19.1. The van der Waals surface area contributed by atoms with Crippen molar-refractivity contribution in [3.8, 4) is 11.3 Å². The van der Waals surface area contributed by atoms with Gasteiger partial charge in [-0.05, 0) is 17.7 Å². The number of nitrogens with one attached hydrogen (secondary N) is 1. The molecular weight excluding hydrogens is 331 g/mol. The predicted octanol–water partition coefficient (Wildman–Crippen LogP) is 3.38. The maximum absolute atomic E-state index is 13.3. The van der Waals surface area contributed by atoms with Crippen LogP contribution in [0.2, 0.25) is 0 Å². The minimum Gasteiger partial charge on any atom is -0.323 e. The van der Waals surface area contributed by atoms with Gasteiger partial charge in [-0.1, -0.05) is 37.3 Å². The quantitative estimate of drug-likeness (QED) is 0.575. The number of imidazole rings is 1. The molecule has 0 bridgehead atoms. The number of fused-ring (bicyclic) bond motifs is 1. The Balaban J connectivity index is 1.63. The molecule has 0 atom stereocenters. The van der Waals surface area contributed by atoms with E-state index in [1.54, 1.807) is 18.3 Å². The topological polar surface area (TPSA) is 63.0 Å². The van der Waals surface area contributed by atoms with Gasteiger partial charge in [-0.25, -0.2) is 9.97 Å². The summed E-state index contributed by atoms with van der Waals surface area (Å²) in [5.41, 5.74) is 3.70. The number of aryl methyl sites for hydroxylation is 1. The van der Waals surface area contributed by atoms with Crippen LogP contribution in [0.1, 0.15) is 24.0 Å². The molecule has 3 aromatic heterocycles. The lowest BCUT2D eigenvalue weighted by Crippen LogP contribution is -2.13. The summed E-state index contributed by atoms with van der Waals surface area (Å²) >= 11 is 0. The Labute approximate surface area is 149 Å². The van der Waals surface area contributed by atoms with Crippen molar-refractivity contribution in [3.63, 3.8) is 0 Å². The Morgan fingerprint density at radius 3 is 2.69 bits per heavy atom. The monoisotopic (exact) mass is 348 g/mol. The lowest BCUT2D eigenvalue weighted by atomic mass is 10.1. The van der Waals surface area contributed by atoms with E-state index in [1.807, 2.05) is 41.8 Å². The SMILES string of the molecule is CCc1ncc2c(=O)[nH]c(Cc3ccc(-c4cccc(F)n4)cc3)cn12. The Kier molecular flexibility index (Phi) is 4.08. The average Bonchev–Trinajstić information content (AvgIpc) is 3.06. The second-order valence-corrected chi connectivity index (χ2v) is 6.11. The van der Waals surface area contributed by atoms with E-state index in [0.29, 0.717) is 17.6 Å². The second-order valence-electron chi connectivity index (χ2n) is 6.11. The fourth-order valence-electron chi connectivity index (χ4n) is 3.04. The van der Waals surface area contributed by atoms with Crippen LogP contribution >= 0.6 is 0 Å². The van der Waals surface area contributed by atoms with Crippen molar-refractivity contribution in [2.75, 3.05) is 0 Å². The molecule has 4 rings (SSSR count). The first-order valence-electron chi connectivity index (χ1n) is 8.44. The fourth-order valence-corrected chi connectivity index (χ4v) is 3.04. The van der Waals surface area contributed by atoms with Crippen LogP contribution in [0, 0.1) is 5.95 Å². The Morgan fingerprint density at radius 2 is 1.96 bits per heavy atom. The van der Waals surface area contributed by atoms with E-state index in [1.165, 1.54) is 6.07 Å². The maximum Gasteiger partial charge on any atom is 0.274 e. The van der Waals surface area contributed by atoms with Crippen LogP contribution in [0.25, 0.3) is 16.8 Å². The minimum atomic E-state index is -0.496. The summed E-state index contributed by atoms with van der Waals surface area (Å²) in [5.74, 6) is 0.365. The van der Waals surface area contributed by atoms with Gasteiger partial charge in [0.2, 0.25) is 5.95 Å². The number of hydrogen-bond acceptors (Lipinski definition) is 3.